The molecule has 0 spiro atoms. The number of piperidine rings is 1. The van der Waals surface area contributed by atoms with Crippen molar-refractivity contribution in [3.63, 3.8) is 0 Å². The lowest BCUT2D eigenvalue weighted by Crippen LogP contribution is -2.49. The highest BCUT2D eigenvalue weighted by molar-refractivity contribution is 14.0. The predicted molar refractivity (Wildman–Crippen MR) is 123 cm³/mol. The van der Waals surface area contributed by atoms with Gasteiger partial charge in [0.15, 0.2) is 5.96 Å². The SMILES string of the molecule is CN=C(NCc1cnn(-c2ccc(Cl)cc2)c1)NC1CCN(CC(F)F)CC1.I. The second kappa shape index (κ2) is 11.7. The smallest absolute Gasteiger partial charge is 0.251 e. The molecule has 1 saturated heterocycles. The van der Waals surface area contributed by atoms with E-state index in [1.165, 1.54) is 0 Å². The first-order chi connectivity index (χ1) is 13.5. The third kappa shape index (κ3) is 7.38. The number of nitrogens with zero attached hydrogens (tertiary/aromatic N) is 4. The van der Waals surface area contributed by atoms with Crippen molar-refractivity contribution < 1.29 is 8.78 Å². The molecule has 3 rings (SSSR count). The third-order valence-corrected chi connectivity index (χ3v) is 4.99. The summed E-state index contributed by atoms with van der Waals surface area (Å²) in [4.78, 5) is 6.07. The minimum Gasteiger partial charge on any atom is -0.354 e. The Morgan fingerprint density at radius 2 is 1.97 bits per heavy atom. The van der Waals surface area contributed by atoms with Gasteiger partial charge in [0.05, 0.1) is 18.4 Å². The number of hydrogen-bond acceptors (Lipinski definition) is 3. The maximum Gasteiger partial charge on any atom is 0.251 e. The maximum absolute atomic E-state index is 12.5. The van der Waals surface area contributed by atoms with E-state index in [4.69, 9.17) is 11.6 Å². The van der Waals surface area contributed by atoms with Crippen molar-refractivity contribution in [2.45, 2.75) is 31.9 Å². The number of hydrogen-bond donors (Lipinski definition) is 2. The highest BCUT2D eigenvalue weighted by Crippen LogP contribution is 2.14. The van der Waals surface area contributed by atoms with E-state index in [0.717, 1.165) is 24.1 Å². The van der Waals surface area contributed by atoms with E-state index >= 15 is 0 Å². The fraction of sp³-hybridized carbons (Fsp3) is 0.474. The monoisotopic (exact) mass is 538 g/mol. The quantitative estimate of drug-likeness (QED) is 0.336. The summed E-state index contributed by atoms with van der Waals surface area (Å²) in [7, 11) is 1.72. The molecule has 0 bridgehead atoms. The van der Waals surface area contributed by atoms with Crippen LogP contribution >= 0.6 is 35.6 Å². The molecule has 1 aliphatic heterocycles. The number of halogens is 4. The van der Waals surface area contributed by atoms with Crippen LogP contribution in [0.2, 0.25) is 5.02 Å². The van der Waals surface area contributed by atoms with Crippen LogP contribution in [0.3, 0.4) is 0 Å². The number of guanidine groups is 1. The van der Waals surface area contributed by atoms with Crippen LogP contribution in [0.25, 0.3) is 5.69 Å². The molecule has 1 aromatic heterocycles. The predicted octanol–water partition coefficient (Wildman–Crippen LogP) is 3.54. The molecule has 0 atom stereocenters. The minimum atomic E-state index is -2.27. The number of nitrogens with one attached hydrogen (secondary N) is 2. The summed E-state index contributed by atoms with van der Waals surface area (Å²) in [6.45, 7) is 1.79. The second-order valence-corrected chi connectivity index (χ2v) is 7.24. The number of rotatable bonds is 6. The van der Waals surface area contributed by atoms with E-state index in [9.17, 15) is 8.78 Å². The molecule has 1 aliphatic rings. The molecule has 0 aliphatic carbocycles. The Balaban J connectivity index is 0.00000300. The fourth-order valence-electron chi connectivity index (χ4n) is 3.22. The van der Waals surface area contributed by atoms with Crippen LogP contribution in [0, 0.1) is 0 Å². The van der Waals surface area contributed by atoms with Gasteiger partial charge in [-0.15, -0.1) is 24.0 Å². The molecule has 0 unspecified atom stereocenters. The molecule has 0 radical (unpaired) electrons. The molecule has 1 aromatic carbocycles. The standard InChI is InChI=1S/C19H25ClF2N6.HI/c1-23-19(26-16-6-8-27(9-7-16)13-18(21)22)24-10-14-11-25-28(12-14)17-4-2-15(20)3-5-17;/h2-5,11-12,16,18H,6-10,13H2,1H3,(H2,23,24,26);1H. The molecule has 2 heterocycles. The van der Waals surface area contributed by atoms with Gasteiger partial charge in [0.1, 0.15) is 0 Å². The molecule has 1 fully saturated rings. The lowest BCUT2D eigenvalue weighted by Gasteiger charge is -2.32. The summed E-state index contributed by atoms with van der Waals surface area (Å²) in [6, 6.07) is 7.71. The molecule has 0 amide bonds. The minimum absolute atomic E-state index is 0. The van der Waals surface area contributed by atoms with Gasteiger partial charge < -0.3 is 10.6 Å². The average Bonchev–Trinajstić information content (AvgIpc) is 3.15. The molecule has 10 heteroatoms. The van der Waals surface area contributed by atoms with E-state index in [1.807, 2.05) is 35.4 Å². The average molecular weight is 539 g/mol. The van der Waals surface area contributed by atoms with Crippen molar-refractivity contribution in [1.82, 2.24) is 25.3 Å². The Kier molecular flexibility index (Phi) is 9.57. The Bertz CT molecular complexity index is 775. The van der Waals surface area contributed by atoms with Gasteiger partial charge in [-0.3, -0.25) is 9.89 Å². The van der Waals surface area contributed by atoms with Crippen molar-refractivity contribution in [3.8, 4) is 5.69 Å². The van der Waals surface area contributed by atoms with Crippen LogP contribution in [0.4, 0.5) is 8.78 Å². The molecular formula is C19H26ClF2IN6. The van der Waals surface area contributed by atoms with Crippen LogP contribution in [-0.2, 0) is 6.54 Å². The molecule has 2 aromatic rings. The summed E-state index contributed by atoms with van der Waals surface area (Å²) in [6.07, 6.45) is 3.13. The van der Waals surface area contributed by atoms with E-state index in [0.29, 0.717) is 30.6 Å². The van der Waals surface area contributed by atoms with Gasteiger partial charge in [-0.1, -0.05) is 11.6 Å². The largest absolute Gasteiger partial charge is 0.354 e. The zero-order chi connectivity index (χ0) is 19.9. The Hall–Kier alpha value is -1.46. The zero-order valence-corrected chi connectivity index (χ0v) is 19.3. The molecule has 29 heavy (non-hydrogen) atoms. The van der Waals surface area contributed by atoms with Gasteiger partial charge in [-0.25, -0.2) is 13.5 Å². The molecular weight excluding hydrogens is 513 g/mol. The van der Waals surface area contributed by atoms with Gasteiger partial charge in [-0.2, -0.15) is 5.10 Å². The van der Waals surface area contributed by atoms with E-state index in [-0.39, 0.29) is 36.6 Å². The summed E-state index contributed by atoms with van der Waals surface area (Å²) in [5, 5.41) is 11.7. The van der Waals surface area contributed by atoms with E-state index in [1.54, 1.807) is 17.9 Å². The second-order valence-electron chi connectivity index (χ2n) is 6.81. The van der Waals surface area contributed by atoms with Gasteiger partial charge >= 0.3 is 0 Å². The summed E-state index contributed by atoms with van der Waals surface area (Å²) in [5.41, 5.74) is 1.96. The molecule has 160 valence electrons. The normalized spacial score (nSPS) is 16.0. The number of likely N-dealkylation sites (tertiary alicyclic amines) is 1. The zero-order valence-electron chi connectivity index (χ0n) is 16.2. The summed E-state index contributed by atoms with van der Waals surface area (Å²) >= 11 is 5.92. The van der Waals surface area contributed by atoms with Crippen molar-refractivity contribution in [2.75, 3.05) is 26.7 Å². The summed E-state index contributed by atoms with van der Waals surface area (Å²) in [5.74, 6) is 0.701. The highest BCUT2D eigenvalue weighted by Gasteiger charge is 2.21. The maximum atomic E-state index is 12.5. The fourth-order valence-corrected chi connectivity index (χ4v) is 3.34. The first-order valence-electron chi connectivity index (χ1n) is 9.30. The summed E-state index contributed by atoms with van der Waals surface area (Å²) < 4.78 is 26.7. The molecule has 6 nitrogen and oxygen atoms in total. The van der Waals surface area contributed by atoms with E-state index in [2.05, 4.69) is 20.7 Å². The Morgan fingerprint density at radius 1 is 1.28 bits per heavy atom. The first kappa shape index (κ1) is 23.8. The van der Waals surface area contributed by atoms with Crippen molar-refractivity contribution in [2.24, 2.45) is 4.99 Å². The molecule has 2 N–H and O–H groups in total. The topological polar surface area (TPSA) is 57.5 Å². The number of aromatic nitrogens is 2. The van der Waals surface area contributed by atoms with Crippen LogP contribution in [0.1, 0.15) is 18.4 Å². The van der Waals surface area contributed by atoms with Crippen LogP contribution in [0.5, 0.6) is 0 Å². The third-order valence-electron chi connectivity index (χ3n) is 4.74. The van der Waals surface area contributed by atoms with Crippen LogP contribution < -0.4 is 10.6 Å². The van der Waals surface area contributed by atoms with Crippen molar-refractivity contribution >= 4 is 41.5 Å². The number of benzene rings is 1. The van der Waals surface area contributed by atoms with Gasteiger partial charge in [0, 0.05) is 49.5 Å². The van der Waals surface area contributed by atoms with E-state index < -0.39 is 6.43 Å². The number of alkyl halides is 2. The van der Waals surface area contributed by atoms with Crippen LogP contribution in [-0.4, -0.2) is 59.8 Å². The van der Waals surface area contributed by atoms with Gasteiger partial charge in [0.25, 0.3) is 6.43 Å². The van der Waals surface area contributed by atoms with Crippen molar-refractivity contribution in [1.29, 1.82) is 0 Å². The molecule has 0 saturated carbocycles. The van der Waals surface area contributed by atoms with Gasteiger partial charge in [0.2, 0.25) is 0 Å². The first-order valence-corrected chi connectivity index (χ1v) is 9.68. The Labute approximate surface area is 191 Å². The Morgan fingerprint density at radius 3 is 2.59 bits per heavy atom. The number of aliphatic imine (C=N–C) groups is 1. The van der Waals surface area contributed by atoms with Crippen LogP contribution in [0.15, 0.2) is 41.7 Å². The lowest BCUT2D eigenvalue weighted by atomic mass is 10.1. The van der Waals surface area contributed by atoms with Crippen molar-refractivity contribution in [3.05, 3.63) is 47.2 Å². The lowest BCUT2D eigenvalue weighted by molar-refractivity contribution is 0.0744. The van der Waals surface area contributed by atoms with Gasteiger partial charge in [-0.05, 0) is 37.1 Å². The highest BCUT2D eigenvalue weighted by atomic mass is 127.